The Morgan fingerprint density at radius 2 is 2.11 bits per heavy atom. The van der Waals surface area contributed by atoms with Crippen LogP contribution in [0.15, 0.2) is 15.2 Å². The van der Waals surface area contributed by atoms with Crippen molar-refractivity contribution in [1.82, 2.24) is 5.32 Å². The monoisotopic (exact) mass is 331 g/mol. The molecule has 2 rings (SSSR count). The number of carbonyl (C=O) groups is 1. The number of thiophene rings is 1. The number of carbonyl (C=O) groups excluding carboxylic acids is 1. The highest BCUT2D eigenvalue weighted by Gasteiger charge is 2.22. The van der Waals surface area contributed by atoms with Gasteiger partial charge >= 0.3 is 0 Å². The molecule has 18 heavy (non-hydrogen) atoms. The van der Waals surface area contributed by atoms with Crippen molar-refractivity contribution in [3.05, 3.63) is 20.8 Å². The third-order valence-corrected chi connectivity index (χ3v) is 5.34. The van der Waals surface area contributed by atoms with Crippen LogP contribution in [0.4, 0.5) is 0 Å². The van der Waals surface area contributed by atoms with Gasteiger partial charge in [-0.2, -0.15) is 11.3 Å². The standard InChI is InChI=1S/C13H18BrNO2S/c14-12-8-18-7-10(12)5-13(17)15-11-3-1-9(6-16)2-4-11/h7-9,11,16H,1-6H2,(H,15,17). The van der Waals surface area contributed by atoms with Crippen molar-refractivity contribution in [3.63, 3.8) is 0 Å². The molecule has 0 aromatic carbocycles. The first-order valence-corrected chi connectivity index (χ1v) is 8.03. The van der Waals surface area contributed by atoms with E-state index in [2.05, 4.69) is 21.2 Å². The quantitative estimate of drug-likeness (QED) is 0.891. The zero-order chi connectivity index (χ0) is 13.0. The van der Waals surface area contributed by atoms with Crippen molar-refractivity contribution in [3.8, 4) is 0 Å². The average molecular weight is 332 g/mol. The van der Waals surface area contributed by atoms with Crippen LogP contribution in [0.25, 0.3) is 0 Å². The van der Waals surface area contributed by atoms with Crippen molar-refractivity contribution in [2.45, 2.75) is 38.1 Å². The van der Waals surface area contributed by atoms with Crippen molar-refractivity contribution >= 4 is 33.2 Å². The first-order chi connectivity index (χ1) is 8.69. The largest absolute Gasteiger partial charge is 0.396 e. The molecule has 0 unspecified atom stereocenters. The summed E-state index contributed by atoms with van der Waals surface area (Å²) in [5, 5.41) is 16.2. The zero-order valence-corrected chi connectivity index (χ0v) is 12.6. The number of hydrogen-bond donors (Lipinski definition) is 2. The Balaban J connectivity index is 1.77. The molecule has 2 N–H and O–H groups in total. The molecule has 0 spiro atoms. The number of aliphatic hydroxyl groups is 1. The van der Waals surface area contributed by atoms with E-state index in [4.69, 9.17) is 5.11 Å². The number of amides is 1. The van der Waals surface area contributed by atoms with Gasteiger partial charge < -0.3 is 10.4 Å². The van der Waals surface area contributed by atoms with E-state index < -0.39 is 0 Å². The van der Waals surface area contributed by atoms with Gasteiger partial charge in [-0.25, -0.2) is 0 Å². The minimum absolute atomic E-state index is 0.0987. The van der Waals surface area contributed by atoms with Gasteiger partial charge in [0.2, 0.25) is 5.91 Å². The number of hydrogen-bond acceptors (Lipinski definition) is 3. The molecule has 1 saturated carbocycles. The van der Waals surface area contributed by atoms with E-state index >= 15 is 0 Å². The summed E-state index contributed by atoms with van der Waals surface area (Å²) in [4.78, 5) is 11.9. The van der Waals surface area contributed by atoms with Crippen molar-refractivity contribution in [1.29, 1.82) is 0 Å². The van der Waals surface area contributed by atoms with Crippen LogP contribution in [0.1, 0.15) is 31.2 Å². The summed E-state index contributed by atoms with van der Waals surface area (Å²) in [5.41, 5.74) is 1.06. The zero-order valence-electron chi connectivity index (χ0n) is 10.2. The van der Waals surface area contributed by atoms with Crippen LogP contribution in [0, 0.1) is 5.92 Å². The molecule has 0 aliphatic heterocycles. The minimum atomic E-state index is 0.0987. The summed E-state index contributed by atoms with van der Waals surface area (Å²) in [6.07, 6.45) is 4.46. The second-order valence-corrected chi connectivity index (χ2v) is 6.49. The molecule has 1 aliphatic carbocycles. The summed E-state index contributed by atoms with van der Waals surface area (Å²) in [5.74, 6) is 0.533. The molecule has 0 bridgehead atoms. The molecule has 3 nitrogen and oxygen atoms in total. The molecule has 1 aliphatic rings. The Morgan fingerprint density at radius 1 is 1.39 bits per heavy atom. The summed E-state index contributed by atoms with van der Waals surface area (Å²) < 4.78 is 1.02. The van der Waals surface area contributed by atoms with Crippen LogP contribution in [-0.2, 0) is 11.2 Å². The summed E-state index contributed by atoms with van der Waals surface area (Å²) in [6.45, 7) is 0.280. The molecule has 5 heteroatoms. The average Bonchev–Trinajstić information content (AvgIpc) is 2.76. The maximum atomic E-state index is 11.9. The van der Waals surface area contributed by atoms with Gasteiger partial charge in [-0.1, -0.05) is 0 Å². The Bertz CT molecular complexity index is 399. The molecule has 1 aromatic heterocycles. The van der Waals surface area contributed by atoms with Crippen LogP contribution in [0.5, 0.6) is 0 Å². The third-order valence-electron chi connectivity index (χ3n) is 3.51. The van der Waals surface area contributed by atoms with Gasteiger partial charge in [-0.15, -0.1) is 0 Å². The molecule has 0 saturated heterocycles. The molecule has 0 radical (unpaired) electrons. The van der Waals surface area contributed by atoms with Crippen LogP contribution in [0.3, 0.4) is 0 Å². The van der Waals surface area contributed by atoms with Gasteiger partial charge in [0.1, 0.15) is 0 Å². The Morgan fingerprint density at radius 3 is 2.67 bits per heavy atom. The maximum absolute atomic E-state index is 11.9. The fourth-order valence-corrected chi connectivity index (χ4v) is 3.82. The van der Waals surface area contributed by atoms with Crippen molar-refractivity contribution in [2.75, 3.05) is 6.61 Å². The predicted molar refractivity (Wildman–Crippen MR) is 76.7 cm³/mol. The summed E-state index contributed by atoms with van der Waals surface area (Å²) in [6, 6.07) is 0.290. The Hall–Kier alpha value is -0.390. The van der Waals surface area contributed by atoms with Crippen molar-refractivity contribution < 1.29 is 9.90 Å². The van der Waals surface area contributed by atoms with Gasteiger partial charge in [0.25, 0.3) is 0 Å². The van der Waals surface area contributed by atoms with Gasteiger partial charge in [-0.05, 0) is 58.5 Å². The van der Waals surface area contributed by atoms with E-state index in [1.165, 1.54) is 0 Å². The lowest BCUT2D eigenvalue weighted by Gasteiger charge is -2.27. The highest BCUT2D eigenvalue weighted by Crippen LogP contribution is 2.24. The highest BCUT2D eigenvalue weighted by molar-refractivity contribution is 9.10. The smallest absolute Gasteiger partial charge is 0.224 e. The third kappa shape index (κ3) is 3.80. The molecule has 1 heterocycles. The lowest BCUT2D eigenvalue weighted by Crippen LogP contribution is -2.38. The van der Waals surface area contributed by atoms with E-state index in [0.717, 1.165) is 35.7 Å². The first kappa shape index (κ1) is 14.0. The van der Waals surface area contributed by atoms with E-state index in [9.17, 15) is 4.79 Å². The minimum Gasteiger partial charge on any atom is -0.396 e. The summed E-state index contributed by atoms with van der Waals surface area (Å²) >= 11 is 5.04. The molecule has 0 atom stereocenters. The SMILES string of the molecule is O=C(Cc1cscc1Br)NC1CCC(CO)CC1. The predicted octanol–water partition coefficient (Wildman–Crippen LogP) is 2.72. The lowest BCUT2D eigenvalue weighted by atomic mass is 9.86. The van der Waals surface area contributed by atoms with E-state index in [1.54, 1.807) is 11.3 Å². The second-order valence-electron chi connectivity index (χ2n) is 4.89. The van der Waals surface area contributed by atoms with Gasteiger partial charge in [-0.3, -0.25) is 4.79 Å². The van der Waals surface area contributed by atoms with Gasteiger partial charge in [0.15, 0.2) is 0 Å². The van der Waals surface area contributed by atoms with Gasteiger partial charge in [0, 0.05) is 22.5 Å². The molecular formula is C13H18BrNO2S. The van der Waals surface area contributed by atoms with E-state index in [-0.39, 0.29) is 18.6 Å². The summed E-state index contributed by atoms with van der Waals surface area (Å²) in [7, 11) is 0. The Labute approximate surface area is 120 Å². The normalized spacial score (nSPS) is 23.9. The van der Waals surface area contributed by atoms with E-state index in [0.29, 0.717) is 12.3 Å². The van der Waals surface area contributed by atoms with Gasteiger partial charge in [0.05, 0.1) is 6.42 Å². The molecule has 1 fully saturated rings. The van der Waals surface area contributed by atoms with Crippen LogP contribution < -0.4 is 5.32 Å². The second kappa shape index (κ2) is 6.68. The van der Waals surface area contributed by atoms with Crippen LogP contribution >= 0.6 is 27.3 Å². The lowest BCUT2D eigenvalue weighted by molar-refractivity contribution is -0.121. The topological polar surface area (TPSA) is 49.3 Å². The Kier molecular flexibility index (Phi) is 5.21. The van der Waals surface area contributed by atoms with Crippen molar-refractivity contribution in [2.24, 2.45) is 5.92 Å². The molecule has 100 valence electrons. The highest BCUT2D eigenvalue weighted by atomic mass is 79.9. The fourth-order valence-electron chi connectivity index (χ4n) is 2.38. The number of halogens is 1. The molecular weight excluding hydrogens is 314 g/mol. The first-order valence-electron chi connectivity index (χ1n) is 6.30. The van der Waals surface area contributed by atoms with Crippen LogP contribution in [0.2, 0.25) is 0 Å². The molecule has 1 amide bonds. The van der Waals surface area contributed by atoms with E-state index in [1.807, 2.05) is 10.8 Å². The number of nitrogens with one attached hydrogen (secondary N) is 1. The van der Waals surface area contributed by atoms with Crippen LogP contribution in [-0.4, -0.2) is 23.7 Å². The number of aliphatic hydroxyl groups excluding tert-OH is 1. The maximum Gasteiger partial charge on any atom is 0.224 e. The number of rotatable bonds is 4. The molecule has 1 aromatic rings. The fraction of sp³-hybridized carbons (Fsp3) is 0.615.